The van der Waals surface area contributed by atoms with Crippen LogP contribution in [-0.4, -0.2) is 49.2 Å². The summed E-state index contributed by atoms with van der Waals surface area (Å²) < 4.78 is 11.3. The molecule has 2 fully saturated rings. The standard InChI is InChI=1S/C28H32N2O3/c1-32-24-11-9-23(10-12-24)28(13-2-3-14-28)27(31)30-16-17-33-20-21(19-30)18-22-6-4-8-26-25(22)7-5-15-29-26/h4-12,15,21H,2-3,13-14,16-20H2,1H3. The summed E-state index contributed by atoms with van der Waals surface area (Å²) in [4.78, 5) is 20.6. The number of rotatable bonds is 5. The van der Waals surface area contributed by atoms with E-state index in [4.69, 9.17) is 9.47 Å². The number of methoxy groups -OCH3 is 1. The van der Waals surface area contributed by atoms with E-state index >= 15 is 0 Å². The van der Waals surface area contributed by atoms with Gasteiger partial charge in [0, 0.05) is 30.6 Å². The van der Waals surface area contributed by atoms with Gasteiger partial charge in [-0.05, 0) is 54.7 Å². The molecule has 0 radical (unpaired) electrons. The lowest BCUT2D eigenvalue weighted by Gasteiger charge is -2.35. The van der Waals surface area contributed by atoms with Gasteiger partial charge in [0.25, 0.3) is 0 Å². The van der Waals surface area contributed by atoms with Gasteiger partial charge in [-0.25, -0.2) is 0 Å². The van der Waals surface area contributed by atoms with E-state index in [1.807, 2.05) is 24.4 Å². The second kappa shape index (κ2) is 9.52. The van der Waals surface area contributed by atoms with Crippen molar-refractivity contribution in [1.29, 1.82) is 0 Å². The highest BCUT2D eigenvalue weighted by molar-refractivity contribution is 5.89. The zero-order valence-corrected chi connectivity index (χ0v) is 19.3. The Morgan fingerprint density at radius 1 is 1.12 bits per heavy atom. The molecule has 2 aliphatic rings. The second-order valence-corrected chi connectivity index (χ2v) is 9.40. The molecule has 1 unspecified atom stereocenters. The number of pyridine rings is 1. The largest absolute Gasteiger partial charge is 0.497 e. The maximum absolute atomic E-state index is 14.1. The van der Waals surface area contributed by atoms with Crippen molar-refractivity contribution in [3.63, 3.8) is 0 Å². The van der Waals surface area contributed by atoms with Crippen LogP contribution >= 0.6 is 0 Å². The Balaban J connectivity index is 1.39. The predicted octanol–water partition coefficient (Wildman–Crippen LogP) is 4.77. The lowest BCUT2D eigenvalue weighted by molar-refractivity contribution is -0.137. The molecule has 172 valence electrons. The van der Waals surface area contributed by atoms with Gasteiger partial charge >= 0.3 is 0 Å². The van der Waals surface area contributed by atoms with Gasteiger partial charge in [-0.3, -0.25) is 9.78 Å². The molecule has 33 heavy (non-hydrogen) atoms. The molecule has 1 aromatic heterocycles. The summed E-state index contributed by atoms with van der Waals surface area (Å²) in [5.41, 5.74) is 2.98. The molecule has 2 aromatic carbocycles. The number of aromatic nitrogens is 1. The number of carbonyl (C=O) groups is 1. The third-order valence-electron chi connectivity index (χ3n) is 7.38. The van der Waals surface area contributed by atoms with Crippen LogP contribution in [0.25, 0.3) is 10.9 Å². The summed E-state index contributed by atoms with van der Waals surface area (Å²) in [7, 11) is 1.68. The number of fused-ring (bicyclic) bond motifs is 1. The molecular weight excluding hydrogens is 412 g/mol. The number of ether oxygens (including phenoxy) is 2. The fourth-order valence-corrected chi connectivity index (χ4v) is 5.66. The van der Waals surface area contributed by atoms with E-state index in [9.17, 15) is 4.79 Å². The second-order valence-electron chi connectivity index (χ2n) is 9.40. The molecule has 1 amide bonds. The number of nitrogens with zero attached hydrogens (tertiary/aromatic N) is 2. The van der Waals surface area contributed by atoms with Crippen LogP contribution in [0.5, 0.6) is 5.75 Å². The first-order valence-electron chi connectivity index (χ1n) is 12.0. The van der Waals surface area contributed by atoms with Gasteiger partial charge in [-0.15, -0.1) is 0 Å². The van der Waals surface area contributed by atoms with E-state index in [0.29, 0.717) is 19.8 Å². The molecule has 1 saturated carbocycles. The monoisotopic (exact) mass is 444 g/mol. The van der Waals surface area contributed by atoms with Gasteiger partial charge in [-0.1, -0.05) is 43.2 Å². The van der Waals surface area contributed by atoms with Crippen LogP contribution in [0.4, 0.5) is 0 Å². The summed E-state index contributed by atoms with van der Waals surface area (Å²) in [6, 6.07) is 18.5. The van der Waals surface area contributed by atoms with E-state index in [2.05, 4.69) is 46.3 Å². The van der Waals surface area contributed by atoms with Crippen molar-refractivity contribution in [3.8, 4) is 5.75 Å². The fraction of sp³-hybridized carbons (Fsp3) is 0.429. The Kier molecular flexibility index (Phi) is 6.32. The third kappa shape index (κ3) is 4.34. The van der Waals surface area contributed by atoms with Crippen molar-refractivity contribution in [1.82, 2.24) is 9.88 Å². The summed E-state index contributed by atoms with van der Waals surface area (Å²) in [5.74, 6) is 1.35. The molecular formula is C28H32N2O3. The first-order chi connectivity index (χ1) is 16.2. The molecule has 1 aliphatic carbocycles. The van der Waals surface area contributed by atoms with Crippen LogP contribution in [0.2, 0.25) is 0 Å². The average Bonchev–Trinajstić information content (AvgIpc) is 3.25. The van der Waals surface area contributed by atoms with E-state index < -0.39 is 5.41 Å². The summed E-state index contributed by atoms with van der Waals surface area (Å²) >= 11 is 0. The Labute approximate surface area is 195 Å². The quantitative estimate of drug-likeness (QED) is 0.569. The minimum Gasteiger partial charge on any atom is -0.497 e. The van der Waals surface area contributed by atoms with Crippen LogP contribution < -0.4 is 4.74 Å². The zero-order valence-electron chi connectivity index (χ0n) is 19.3. The molecule has 5 nitrogen and oxygen atoms in total. The topological polar surface area (TPSA) is 51.7 Å². The summed E-state index contributed by atoms with van der Waals surface area (Å²) in [5, 5.41) is 1.19. The van der Waals surface area contributed by atoms with Crippen molar-refractivity contribution in [2.45, 2.75) is 37.5 Å². The first kappa shape index (κ1) is 21.9. The molecule has 1 aliphatic heterocycles. The van der Waals surface area contributed by atoms with E-state index in [0.717, 1.165) is 55.5 Å². The minimum absolute atomic E-state index is 0.261. The SMILES string of the molecule is COc1ccc(C2(C(=O)N3CCOCC(Cc4cccc5ncccc45)C3)CCCC2)cc1. The molecule has 1 saturated heterocycles. The van der Waals surface area contributed by atoms with Crippen molar-refractivity contribution in [2.75, 3.05) is 33.4 Å². The van der Waals surface area contributed by atoms with Gasteiger partial charge < -0.3 is 14.4 Å². The van der Waals surface area contributed by atoms with E-state index in [1.54, 1.807) is 7.11 Å². The smallest absolute Gasteiger partial charge is 0.233 e. The predicted molar refractivity (Wildman–Crippen MR) is 129 cm³/mol. The van der Waals surface area contributed by atoms with Gasteiger partial charge in [0.1, 0.15) is 5.75 Å². The summed E-state index contributed by atoms with van der Waals surface area (Å²) in [6.45, 7) is 2.66. The lowest BCUT2D eigenvalue weighted by atomic mass is 9.77. The Morgan fingerprint density at radius 3 is 2.73 bits per heavy atom. The van der Waals surface area contributed by atoms with Gasteiger partial charge in [0.2, 0.25) is 5.91 Å². The molecule has 3 aromatic rings. The average molecular weight is 445 g/mol. The molecule has 0 N–H and O–H groups in total. The Morgan fingerprint density at radius 2 is 1.94 bits per heavy atom. The molecule has 5 rings (SSSR count). The van der Waals surface area contributed by atoms with E-state index in [1.165, 1.54) is 10.9 Å². The molecule has 2 heterocycles. The Hall–Kier alpha value is -2.92. The number of amides is 1. The van der Waals surface area contributed by atoms with Crippen LogP contribution in [0.1, 0.15) is 36.8 Å². The van der Waals surface area contributed by atoms with Crippen LogP contribution in [0, 0.1) is 5.92 Å². The number of hydrogen-bond donors (Lipinski definition) is 0. The van der Waals surface area contributed by atoms with Gasteiger partial charge in [0.05, 0.1) is 31.3 Å². The van der Waals surface area contributed by atoms with Crippen molar-refractivity contribution >= 4 is 16.8 Å². The highest BCUT2D eigenvalue weighted by Gasteiger charge is 2.45. The fourth-order valence-electron chi connectivity index (χ4n) is 5.66. The highest BCUT2D eigenvalue weighted by atomic mass is 16.5. The lowest BCUT2D eigenvalue weighted by Crippen LogP contribution is -2.47. The number of carbonyl (C=O) groups excluding carboxylic acids is 1. The zero-order chi connectivity index (χ0) is 22.7. The van der Waals surface area contributed by atoms with Crippen molar-refractivity contribution < 1.29 is 14.3 Å². The number of hydrogen-bond acceptors (Lipinski definition) is 4. The van der Waals surface area contributed by atoms with E-state index in [-0.39, 0.29) is 11.8 Å². The number of benzene rings is 2. The summed E-state index contributed by atoms with van der Waals surface area (Å²) in [6.07, 6.45) is 6.72. The van der Waals surface area contributed by atoms with Crippen molar-refractivity contribution in [3.05, 3.63) is 71.9 Å². The molecule has 1 atom stereocenters. The third-order valence-corrected chi connectivity index (χ3v) is 7.38. The van der Waals surface area contributed by atoms with Crippen LogP contribution in [0.15, 0.2) is 60.8 Å². The highest BCUT2D eigenvalue weighted by Crippen LogP contribution is 2.43. The van der Waals surface area contributed by atoms with Crippen LogP contribution in [0.3, 0.4) is 0 Å². The maximum atomic E-state index is 14.1. The molecule has 5 heteroatoms. The van der Waals surface area contributed by atoms with Gasteiger partial charge in [0.15, 0.2) is 0 Å². The maximum Gasteiger partial charge on any atom is 0.233 e. The van der Waals surface area contributed by atoms with Gasteiger partial charge in [-0.2, -0.15) is 0 Å². The first-order valence-corrected chi connectivity index (χ1v) is 12.0. The Bertz CT molecular complexity index is 1100. The minimum atomic E-state index is -0.426. The van der Waals surface area contributed by atoms with Crippen molar-refractivity contribution in [2.24, 2.45) is 5.92 Å². The van der Waals surface area contributed by atoms with Crippen LogP contribution in [-0.2, 0) is 21.4 Å². The normalized spacial score (nSPS) is 20.5. The molecule has 0 bridgehead atoms. The molecule has 0 spiro atoms.